The van der Waals surface area contributed by atoms with Gasteiger partial charge in [-0.15, -0.1) is 0 Å². The Hall–Kier alpha value is -2.09. The van der Waals surface area contributed by atoms with Gasteiger partial charge in [0.05, 0.1) is 18.1 Å². The number of nitrogens with zero attached hydrogens (tertiary/aromatic N) is 2. The van der Waals surface area contributed by atoms with Crippen LogP contribution in [0.5, 0.6) is 0 Å². The zero-order valence-corrected chi connectivity index (χ0v) is 10.2. The van der Waals surface area contributed by atoms with Gasteiger partial charge in [0.1, 0.15) is 5.82 Å². The Labute approximate surface area is 105 Å². The summed E-state index contributed by atoms with van der Waals surface area (Å²) in [5.41, 5.74) is 0.899. The lowest BCUT2D eigenvalue weighted by Crippen LogP contribution is -2.47. The van der Waals surface area contributed by atoms with Gasteiger partial charge in [-0.05, 0) is 38.3 Å². The number of pyridine rings is 1. The topological polar surface area (TPSA) is 86.0 Å². The van der Waals surface area contributed by atoms with E-state index < -0.39 is 5.97 Å². The molecule has 1 saturated carbocycles. The van der Waals surface area contributed by atoms with E-state index in [1.807, 2.05) is 6.92 Å². The zero-order chi connectivity index (χ0) is 13.2. The second-order valence-corrected chi connectivity index (χ2v) is 4.82. The average molecular weight is 245 g/mol. The molecule has 1 aromatic rings. The van der Waals surface area contributed by atoms with Crippen molar-refractivity contribution in [1.82, 2.24) is 4.98 Å². The van der Waals surface area contributed by atoms with E-state index in [-0.39, 0.29) is 12.0 Å². The molecule has 1 aliphatic carbocycles. The van der Waals surface area contributed by atoms with Crippen molar-refractivity contribution < 1.29 is 9.90 Å². The predicted molar refractivity (Wildman–Crippen MR) is 66.1 cm³/mol. The summed E-state index contributed by atoms with van der Waals surface area (Å²) in [4.78, 5) is 15.2. The van der Waals surface area contributed by atoms with Crippen molar-refractivity contribution in [3.05, 3.63) is 23.4 Å². The van der Waals surface area contributed by atoms with Crippen molar-refractivity contribution in [3.63, 3.8) is 0 Å². The third-order valence-corrected chi connectivity index (χ3v) is 3.28. The highest BCUT2D eigenvalue weighted by molar-refractivity contribution is 5.69. The first-order valence-corrected chi connectivity index (χ1v) is 5.92. The van der Waals surface area contributed by atoms with Crippen molar-refractivity contribution >= 4 is 11.8 Å². The second-order valence-electron chi connectivity index (χ2n) is 4.82. The number of carboxylic acid groups (broad SMARTS) is 1. The van der Waals surface area contributed by atoms with E-state index in [0.29, 0.717) is 11.4 Å². The number of aliphatic carboxylic acids is 1. The highest BCUT2D eigenvalue weighted by Crippen LogP contribution is 2.37. The summed E-state index contributed by atoms with van der Waals surface area (Å²) in [5, 5.41) is 21.0. The minimum absolute atomic E-state index is 0.0878. The SMILES string of the molecule is Cc1cc(C#N)cc(NC2(CC(=O)O)CCC2)n1. The van der Waals surface area contributed by atoms with Crippen LogP contribution in [0.2, 0.25) is 0 Å². The van der Waals surface area contributed by atoms with Crippen LogP contribution >= 0.6 is 0 Å². The van der Waals surface area contributed by atoms with Crippen LogP contribution in [0.1, 0.15) is 36.9 Å². The summed E-state index contributed by atoms with van der Waals surface area (Å²) in [6.07, 6.45) is 2.77. The van der Waals surface area contributed by atoms with Gasteiger partial charge in [0, 0.05) is 11.2 Å². The minimum Gasteiger partial charge on any atom is -0.481 e. The van der Waals surface area contributed by atoms with Gasteiger partial charge in [0.2, 0.25) is 0 Å². The van der Waals surface area contributed by atoms with E-state index in [4.69, 9.17) is 10.4 Å². The van der Waals surface area contributed by atoms with Crippen molar-refractivity contribution in [2.45, 2.75) is 38.1 Å². The van der Waals surface area contributed by atoms with Crippen molar-refractivity contribution in [2.75, 3.05) is 5.32 Å². The molecule has 0 bridgehead atoms. The number of carbonyl (C=O) groups is 1. The molecule has 0 atom stereocenters. The predicted octanol–water partition coefficient (Wildman–Crippen LogP) is 2.07. The van der Waals surface area contributed by atoms with E-state index in [9.17, 15) is 4.79 Å². The molecule has 1 fully saturated rings. The molecule has 5 heteroatoms. The van der Waals surface area contributed by atoms with Crippen molar-refractivity contribution in [3.8, 4) is 6.07 Å². The Morgan fingerprint density at radius 2 is 2.33 bits per heavy atom. The van der Waals surface area contributed by atoms with E-state index in [1.54, 1.807) is 12.1 Å². The van der Waals surface area contributed by atoms with E-state index in [0.717, 1.165) is 25.0 Å². The Morgan fingerprint density at radius 3 is 2.83 bits per heavy atom. The normalized spacial score (nSPS) is 16.4. The van der Waals surface area contributed by atoms with Crippen LogP contribution in [0.3, 0.4) is 0 Å². The molecule has 1 aromatic heterocycles. The first-order valence-electron chi connectivity index (χ1n) is 5.92. The van der Waals surface area contributed by atoms with Gasteiger partial charge in [-0.1, -0.05) is 0 Å². The first kappa shape index (κ1) is 12.4. The van der Waals surface area contributed by atoms with Gasteiger partial charge in [0.25, 0.3) is 0 Å². The Morgan fingerprint density at radius 1 is 1.61 bits per heavy atom. The number of carboxylic acids is 1. The Bertz CT molecular complexity index is 515. The number of rotatable bonds is 4. The molecule has 0 saturated heterocycles. The van der Waals surface area contributed by atoms with Crippen LogP contribution in [-0.2, 0) is 4.79 Å². The minimum atomic E-state index is -0.810. The van der Waals surface area contributed by atoms with Gasteiger partial charge in [0.15, 0.2) is 0 Å². The lowest BCUT2D eigenvalue weighted by Gasteiger charge is -2.42. The summed E-state index contributed by atoms with van der Waals surface area (Å²) >= 11 is 0. The highest BCUT2D eigenvalue weighted by atomic mass is 16.4. The average Bonchev–Trinajstić information content (AvgIpc) is 2.24. The molecule has 0 radical (unpaired) electrons. The molecule has 1 heterocycles. The van der Waals surface area contributed by atoms with Gasteiger partial charge < -0.3 is 10.4 Å². The van der Waals surface area contributed by atoms with E-state index in [2.05, 4.69) is 16.4 Å². The number of nitriles is 1. The summed E-state index contributed by atoms with van der Waals surface area (Å²) in [6, 6.07) is 5.44. The molecule has 2 rings (SSSR count). The highest BCUT2D eigenvalue weighted by Gasteiger charge is 2.39. The van der Waals surface area contributed by atoms with Gasteiger partial charge in [-0.25, -0.2) is 4.98 Å². The number of aryl methyl sites for hydroxylation is 1. The number of nitrogens with one attached hydrogen (secondary N) is 1. The van der Waals surface area contributed by atoms with Crippen LogP contribution < -0.4 is 5.32 Å². The molecule has 0 aromatic carbocycles. The fourth-order valence-electron chi connectivity index (χ4n) is 2.31. The summed E-state index contributed by atoms with van der Waals surface area (Å²) in [6.45, 7) is 1.82. The maximum absolute atomic E-state index is 10.9. The fourth-order valence-corrected chi connectivity index (χ4v) is 2.31. The van der Waals surface area contributed by atoms with Crippen LogP contribution in [0.25, 0.3) is 0 Å². The first-order chi connectivity index (χ1) is 8.53. The monoisotopic (exact) mass is 245 g/mol. The van der Waals surface area contributed by atoms with Gasteiger partial charge in [-0.2, -0.15) is 5.26 Å². The fraction of sp³-hybridized carbons (Fsp3) is 0.462. The standard InChI is InChI=1S/C13H15N3O2/c1-9-5-10(8-14)6-11(15-9)16-13(3-2-4-13)7-12(17)18/h5-6H,2-4,7H2,1H3,(H,15,16)(H,17,18). The maximum atomic E-state index is 10.9. The zero-order valence-electron chi connectivity index (χ0n) is 10.2. The molecule has 0 spiro atoms. The molecule has 0 amide bonds. The van der Waals surface area contributed by atoms with Gasteiger partial charge in [-0.3, -0.25) is 4.79 Å². The van der Waals surface area contributed by atoms with E-state index >= 15 is 0 Å². The number of anilines is 1. The largest absolute Gasteiger partial charge is 0.481 e. The summed E-state index contributed by atoms with van der Waals surface area (Å²) in [5.74, 6) is -0.220. The Kier molecular flexibility index (Phi) is 3.19. The van der Waals surface area contributed by atoms with Crippen molar-refractivity contribution in [1.29, 1.82) is 5.26 Å². The molecule has 0 unspecified atom stereocenters. The lowest BCUT2D eigenvalue weighted by molar-refractivity contribution is -0.138. The van der Waals surface area contributed by atoms with Crippen LogP contribution in [0.15, 0.2) is 12.1 Å². The molecular formula is C13H15N3O2. The summed E-state index contributed by atoms with van der Waals surface area (Å²) < 4.78 is 0. The van der Waals surface area contributed by atoms with Gasteiger partial charge >= 0.3 is 5.97 Å². The quantitative estimate of drug-likeness (QED) is 0.848. The number of hydrogen-bond donors (Lipinski definition) is 2. The molecular weight excluding hydrogens is 230 g/mol. The molecule has 0 aliphatic heterocycles. The second kappa shape index (κ2) is 4.65. The number of hydrogen-bond acceptors (Lipinski definition) is 4. The van der Waals surface area contributed by atoms with Crippen LogP contribution in [0, 0.1) is 18.3 Å². The molecule has 1 aliphatic rings. The summed E-state index contributed by atoms with van der Waals surface area (Å²) in [7, 11) is 0. The smallest absolute Gasteiger partial charge is 0.305 e. The maximum Gasteiger partial charge on any atom is 0.305 e. The third kappa shape index (κ3) is 2.59. The van der Waals surface area contributed by atoms with Crippen molar-refractivity contribution in [2.24, 2.45) is 0 Å². The molecule has 94 valence electrons. The van der Waals surface area contributed by atoms with Crippen LogP contribution in [-0.4, -0.2) is 21.6 Å². The number of aromatic nitrogens is 1. The molecule has 18 heavy (non-hydrogen) atoms. The lowest BCUT2D eigenvalue weighted by atomic mass is 9.74. The van der Waals surface area contributed by atoms with Crippen LogP contribution in [0.4, 0.5) is 5.82 Å². The Balaban J connectivity index is 2.20. The molecule has 5 nitrogen and oxygen atoms in total. The molecule has 2 N–H and O–H groups in total. The van der Waals surface area contributed by atoms with E-state index in [1.165, 1.54) is 0 Å². The third-order valence-electron chi connectivity index (χ3n) is 3.28.